The van der Waals surface area contributed by atoms with Crippen LogP contribution in [0.4, 0.5) is 4.79 Å². The molecular formula is C24H30N2O5. The number of esters is 1. The largest absolute Gasteiger partial charge is 0.497 e. The maximum absolute atomic E-state index is 13.7. The van der Waals surface area contributed by atoms with Crippen LogP contribution in [-0.4, -0.2) is 62.0 Å². The fourth-order valence-electron chi connectivity index (χ4n) is 6.87. The zero-order valence-corrected chi connectivity index (χ0v) is 18.6. The van der Waals surface area contributed by atoms with Crippen molar-refractivity contribution >= 4 is 23.0 Å². The number of fused-ring (bicyclic) bond motifs is 4. The summed E-state index contributed by atoms with van der Waals surface area (Å²) < 4.78 is 17.8. The van der Waals surface area contributed by atoms with Crippen LogP contribution < -0.4 is 4.74 Å². The van der Waals surface area contributed by atoms with Gasteiger partial charge in [-0.15, -0.1) is 0 Å². The van der Waals surface area contributed by atoms with E-state index in [4.69, 9.17) is 14.2 Å². The average molecular weight is 427 g/mol. The number of methoxy groups -OCH3 is 3. The van der Waals surface area contributed by atoms with E-state index in [0.29, 0.717) is 18.3 Å². The van der Waals surface area contributed by atoms with Crippen LogP contribution in [0.5, 0.6) is 5.75 Å². The molecule has 3 aliphatic heterocycles. The van der Waals surface area contributed by atoms with Crippen molar-refractivity contribution in [3.63, 3.8) is 0 Å². The second-order valence-corrected chi connectivity index (χ2v) is 9.14. The molecule has 31 heavy (non-hydrogen) atoms. The molecule has 6 rings (SSSR count). The van der Waals surface area contributed by atoms with Crippen molar-refractivity contribution < 1.29 is 23.8 Å². The van der Waals surface area contributed by atoms with Crippen LogP contribution in [0.3, 0.4) is 0 Å². The summed E-state index contributed by atoms with van der Waals surface area (Å²) in [6.07, 6.45) is 3.12. The summed E-state index contributed by atoms with van der Waals surface area (Å²) in [6, 6.07) is 5.73. The molecule has 2 aromatic rings. The SMILES string of the molecule is CCC1CC2CN3CCc4c(n(C(=O)OC)c5ccc(OC)cc45)[C@](C(=O)OC)(C2)C13. The molecule has 5 atom stereocenters. The van der Waals surface area contributed by atoms with Gasteiger partial charge in [0.25, 0.3) is 0 Å². The monoisotopic (exact) mass is 426 g/mol. The van der Waals surface area contributed by atoms with Crippen molar-refractivity contribution in [2.24, 2.45) is 11.8 Å². The Hall–Kier alpha value is -2.54. The Morgan fingerprint density at radius 2 is 2.00 bits per heavy atom. The molecule has 1 aliphatic carbocycles. The fraction of sp³-hybridized carbons (Fsp3) is 0.583. The van der Waals surface area contributed by atoms with Gasteiger partial charge in [-0.05, 0) is 54.9 Å². The predicted octanol–water partition coefficient (Wildman–Crippen LogP) is 3.35. The number of carbonyl (C=O) groups is 2. The first-order chi connectivity index (χ1) is 15.0. The second-order valence-electron chi connectivity index (χ2n) is 9.14. The van der Waals surface area contributed by atoms with Crippen molar-refractivity contribution in [1.29, 1.82) is 0 Å². The summed E-state index contributed by atoms with van der Waals surface area (Å²) in [7, 11) is 4.49. The Bertz CT molecular complexity index is 1060. The molecule has 0 N–H and O–H groups in total. The molecule has 0 radical (unpaired) electrons. The third-order valence-corrected chi connectivity index (χ3v) is 7.87. The normalized spacial score (nSPS) is 31.1. The van der Waals surface area contributed by atoms with Crippen LogP contribution in [0.2, 0.25) is 0 Å². The van der Waals surface area contributed by atoms with Gasteiger partial charge in [-0.1, -0.05) is 13.3 Å². The summed E-state index contributed by atoms with van der Waals surface area (Å²) in [5, 5.41) is 0.945. The Balaban J connectivity index is 1.89. The highest BCUT2D eigenvalue weighted by Gasteiger charge is 2.63. The van der Waals surface area contributed by atoms with Crippen LogP contribution >= 0.6 is 0 Å². The number of ether oxygens (including phenoxy) is 3. The first-order valence-electron chi connectivity index (χ1n) is 11.1. The average Bonchev–Trinajstić information content (AvgIpc) is 3.09. The highest BCUT2D eigenvalue weighted by atomic mass is 16.5. The van der Waals surface area contributed by atoms with Crippen LogP contribution in [-0.2, 0) is 26.1 Å². The molecule has 7 nitrogen and oxygen atoms in total. The topological polar surface area (TPSA) is 70.0 Å². The molecule has 2 saturated heterocycles. The number of nitrogens with zero attached hydrogens (tertiary/aromatic N) is 2. The number of rotatable bonds is 3. The number of aromatic nitrogens is 1. The number of benzene rings is 1. The van der Waals surface area contributed by atoms with Crippen LogP contribution in [0.25, 0.3) is 10.9 Å². The van der Waals surface area contributed by atoms with Gasteiger partial charge in [0.15, 0.2) is 0 Å². The highest BCUT2D eigenvalue weighted by molar-refractivity contribution is 5.98. The van der Waals surface area contributed by atoms with E-state index in [0.717, 1.165) is 60.3 Å². The van der Waals surface area contributed by atoms with E-state index < -0.39 is 11.5 Å². The van der Waals surface area contributed by atoms with Crippen molar-refractivity contribution in [2.75, 3.05) is 34.4 Å². The zero-order valence-electron chi connectivity index (χ0n) is 18.6. The molecule has 1 saturated carbocycles. The summed E-state index contributed by atoms with van der Waals surface area (Å²) in [4.78, 5) is 29.3. The lowest BCUT2D eigenvalue weighted by atomic mass is 9.56. The van der Waals surface area contributed by atoms with Gasteiger partial charge in [0.2, 0.25) is 0 Å². The van der Waals surface area contributed by atoms with E-state index in [-0.39, 0.29) is 12.0 Å². The minimum absolute atomic E-state index is 0.0193. The maximum atomic E-state index is 13.7. The van der Waals surface area contributed by atoms with Crippen molar-refractivity contribution in [1.82, 2.24) is 9.47 Å². The van der Waals surface area contributed by atoms with Gasteiger partial charge < -0.3 is 14.2 Å². The molecule has 166 valence electrons. The first-order valence-corrected chi connectivity index (χ1v) is 11.1. The molecule has 4 bridgehead atoms. The van der Waals surface area contributed by atoms with E-state index >= 15 is 0 Å². The van der Waals surface area contributed by atoms with Gasteiger partial charge in [-0.2, -0.15) is 0 Å². The molecule has 0 amide bonds. The van der Waals surface area contributed by atoms with Gasteiger partial charge in [0.1, 0.15) is 11.2 Å². The van der Waals surface area contributed by atoms with Crippen molar-refractivity contribution in [3.8, 4) is 5.75 Å². The lowest BCUT2D eigenvalue weighted by Crippen LogP contribution is -2.67. The lowest BCUT2D eigenvalue weighted by molar-refractivity contribution is -0.162. The second kappa shape index (κ2) is 7.26. The third kappa shape index (κ3) is 2.62. The van der Waals surface area contributed by atoms with Gasteiger partial charge in [-0.25, -0.2) is 9.36 Å². The van der Waals surface area contributed by atoms with Crippen LogP contribution in [0.1, 0.15) is 37.4 Å². The van der Waals surface area contributed by atoms with Gasteiger partial charge in [0.05, 0.1) is 32.5 Å². The molecule has 1 aromatic heterocycles. The first kappa shape index (κ1) is 20.4. The molecule has 4 aliphatic rings. The Morgan fingerprint density at radius 3 is 2.68 bits per heavy atom. The Kier molecular flexibility index (Phi) is 4.77. The third-order valence-electron chi connectivity index (χ3n) is 7.87. The molecular weight excluding hydrogens is 396 g/mol. The maximum Gasteiger partial charge on any atom is 0.418 e. The number of piperidine rings is 2. The molecule has 1 aromatic carbocycles. The molecule has 0 spiro atoms. The molecule has 7 heteroatoms. The molecule has 4 heterocycles. The van der Waals surface area contributed by atoms with E-state index in [1.807, 2.05) is 18.2 Å². The Labute approximate surface area is 182 Å². The van der Waals surface area contributed by atoms with Crippen molar-refractivity contribution in [2.45, 2.75) is 44.1 Å². The number of carbonyl (C=O) groups excluding carboxylic acids is 2. The van der Waals surface area contributed by atoms with E-state index in [2.05, 4.69) is 11.8 Å². The lowest BCUT2D eigenvalue weighted by Gasteiger charge is -2.58. The van der Waals surface area contributed by atoms with E-state index in [9.17, 15) is 9.59 Å². The van der Waals surface area contributed by atoms with Crippen molar-refractivity contribution in [3.05, 3.63) is 29.5 Å². The van der Waals surface area contributed by atoms with E-state index in [1.165, 1.54) is 14.2 Å². The minimum Gasteiger partial charge on any atom is -0.497 e. The smallest absolute Gasteiger partial charge is 0.418 e. The summed E-state index contributed by atoms with van der Waals surface area (Å²) >= 11 is 0. The van der Waals surface area contributed by atoms with Gasteiger partial charge in [-0.3, -0.25) is 9.69 Å². The standard InChI is InChI=1S/C24H30N2O5/c1-5-15-10-14-12-24(22(27)30-3)20(15)25(13-14)9-8-17-18-11-16(29-2)6-7-19(18)26(21(17)24)23(28)31-4/h6-7,11,14-15,20H,5,8-10,12-13H2,1-4H3/t14?,15?,20?,24-/m0/s1. The predicted molar refractivity (Wildman–Crippen MR) is 116 cm³/mol. The number of hydrogen-bond acceptors (Lipinski definition) is 6. The number of hydrogen-bond donors (Lipinski definition) is 0. The van der Waals surface area contributed by atoms with Crippen LogP contribution in [0.15, 0.2) is 18.2 Å². The van der Waals surface area contributed by atoms with E-state index in [1.54, 1.807) is 11.7 Å². The summed E-state index contributed by atoms with van der Waals surface area (Å²) in [5.41, 5.74) is 1.67. The molecule has 4 unspecified atom stereocenters. The fourth-order valence-corrected chi connectivity index (χ4v) is 6.87. The van der Waals surface area contributed by atoms with Gasteiger partial charge in [0, 0.05) is 24.5 Å². The summed E-state index contributed by atoms with van der Waals surface area (Å²) in [6.45, 7) is 4.07. The minimum atomic E-state index is -0.886. The quantitative estimate of drug-likeness (QED) is 0.701. The highest BCUT2D eigenvalue weighted by Crippen LogP contribution is 2.56. The van der Waals surface area contributed by atoms with Gasteiger partial charge >= 0.3 is 12.1 Å². The summed E-state index contributed by atoms with van der Waals surface area (Å²) in [5.74, 6) is 1.27. The molecule has 3 fully saturated rings. The zero-order chi connectivity index (χ0) is 21.9. The van der Waals surface area contributed by atoms with Crippen LogP contribution in [0, 0.1) is 11.8 Å². The Morgan fingerprint density at radius 1 is 1.19 bits per heavy atom.